The number of benzene rings is 3. The maximum Gasteiger partial charge on any atom is 0.233 e. The molecule has 1 saturated heterocycles. The standard InChI is InChI=1S/C34H38F2N2O3/c1-37(24-26-9-3-2-4-10-26)31(39)23-33(25-41-28-15-13-27(35)14-16-28)19-21-38(22-20-33)32(40)34(17-7-8-18-34)29-11-5-6-12-30(29)36/h2-6,9-16H,7-8,17-25H2,1H3. The van der Waals surface area contributed by atoms with Crippen LogP contribution in [-0.4, -0.2) is 48.4 Å². The van der Waals surface area contributed by atoms with Crippen LogP contribution in [0.5, 0.6) is 5.75 Å². The van der Waals surface area contributed by atoms with Crippen LogP contribution in [0.1, 0.15) is 56.1 Å². The van der Waals surface area contributed by atoms with Crippen molar-refractivity contribution in [2.45, 2.75) is 56.9 Å². The number of ether oxygens (including phenoxy) is 1. The molecule has 0 spiro atoms. The van der Waals surface area contributed by atoms with Gasteiger partial charge in [0.15, 0.2) is 0 Å². The van der Waals surface area contributed by atoms with Gasteiger partial charge in [-0.15, -0.1) is 0 Å². The van der Waals surface area contributed by atoms with E-state index in [0.717, 1.165) is 18.4 Å². The molecule has 0 aromatic heterocycles. The molecule has 1 aliphatic carbocycles. The summed E-state index contributed by atoms with van der Waals surface area (Å²) in [5, 5.41) is 0. The molecule has 5 rings (SSSR count). The zero-order chi connectivity index (χ0) is 28.9. The highest BCUT2D eigenvalue weighted by Gasteiger charge is 2.48. The molecule has 1 saturated carbocycles. The third-order valence-electron chi connectivity index (χ3n) is 8.94. The van der Waals surface area contributed by atoms with E-state index >= 15 is 0 Å². The summed E-state index contributed by atoms with van der Waals surface area (Å²) < 4.78 is 34.5. The lowest BCUT2D eigenvalue weighted by Gasteiger charge is -2.44. The topological polar surface area (TPSA) is 49.9 Å². The Bertz CT molecular complexity index is 1330. The molecule has 0 bridgehead atoms. The van der Waals surface area contributed by atoms with Crippen molar-refractivity contribution in [2.24, 2.45) is 5.41 Å². The highest BCUT2D eigenvalue weighted by atomic mass is 19.1. The van der Waals surface area contributed by atoms with Crippen molar-refractivity contribution in [3.63, 3.8) is 0 Å². The van der Waals surface area contributed by atoms with Crippen LogP contribution in [0.25, 0.3) is 0 Å². The van der Waals surface area contributed by atoms with Crippen LogP contribution >= 0.6 is 0 Å². The molecule has 2 fully saturated rings. The molecule has 3 aromatic carbocycles. The minimum Gasteiger partial charge on any atom is -0.493 e. The zero-order valence-electron chi connectivity index (χ0n) is 23.7. The number of nitrogens with zero attached hydrogens (tertiary/aromatic N) is 2. The molecule has 0 atom stereocenters. The number of likely N-dealkylation sites (tertiary alicyclic amines) is 1. The van der Waals surface area contributed by atoms with Gasteiger partial charge in [-0.2, -0.15) is 0 Å². The molecule has 1 heterocycles. The van der Waals surface area contributed by atoms with E-state index in [4.69, 9.17) is 4.74 Å². The Kier molecular flexibility index (Phi) is 8.71. The number of piperidine rings is 1. The fourth-order valence-electron chi connectivity index (χ4n) is 6.45. The predicted octanol–water partition coefficient (Wildman–Crippen LogP) is 6.51. The Balaban J connectivity index is 1.32. The van der Waals surface area contributed by atoms with Gasteiger partial charge in [0.1, 0.15) is 17.4 Å². The normalized spacial score (nSPS) is 17.7. The summed E-state index contributed by atoms with van der Waals surface area (Å²) in [6, 6.07) is 22.4. The summed E-state index contributed by atoms with van der Waals surface area (Å²) in [5.41, 5.74) is 0.225. The summed E-state index contributed by atoms with van der Waals surface area (Å²) in [4.78, 5) is 31.1. The molecule has 216 valence electrons. The van der Waals surface area contributed by atoms with Crippen molar-refractivity contribution < 1.29 is 23.1 Å². The molecule has 41 heavy (non-hydrogen) atoms. The van der Waals surface area contributed by atoms with Crippen molar-refractivity contribution >= 4 is 11.8 Å². The Morgan fingerprint density at radius 2 is 1.49 bits per heavy atom. The minimum absolute atomic E-state index is 0.00922. The molecule has 1 aliphatic heterocycles. The molecule has 5 nitrogen and oxygen atoms in total. The first-order valence-corrected chi connectivity index (χ1v) is 14.5. The van der Waals surface area contributed by atoms with Crippen LogP contribution in [0.2, 0.25) is 0 Å². The van der Waals surface area contributed by atoms with Crippen LogP contribution in [0.3, 0.4) is 0 Å². The van der Waals surface area contributed by atoms with Gasteiger partial charge in [-0.05, 0) is 61.6 Å². The van der Waals surface area contributed by atoms with E-state index in [0.29, 0.717) is 56.6 Å². The van der Waals surface area contributed by atoms with Gasteiger partial charge >= 0.3 is 0 Å². The van der Waals surface area contributed by atoms with Crippen molar-refractivity contribution in [2.75, 3.05) is 26.7 Å². The van der Waals surface area contributed by atoms with Gasteiger partial charge in [0.2, 0.25) is 11.8 Å². The highest BCUT2D eigenvalue weighted by Crippen LogP contribution is 2.45. The molecule has 0 unspecified atom stereocenters. The summed E-state index contributed by atoms with van der Waals surface area (Å²) in [6.07, 6.45) is 4.52. The average Bonchev–Trinajstić information content (AvgIpc) is 3.49. The molecule has 0 radical (unpaired) electrons. The van der Waals surface area contributed by atoms with Gasteiger partial charge in [-0.25, -0.2) is 8.78 Å². The van der Waals surface area contributed by atoms with E-state index in [2.05, 4.69) is 0 Å². The maximum absolute atomic E-state index is 14.9. The number of hydrogen-bond donors (Lipinski definition) is 0. The summed E-state index contributed by atoms with van der Waals surface area (Å²) in [6.45, 7) is 1.73. The van der Waals surface area contributed by atoms with Crippen LogP contribution in [0.4, 0.5) is 8.78 Å². The third-order valence-corrected chi connectivity index (χ3v) is 8.94. The van der Waals surface area contributed by atoms with Crippen LogP contribution in [0.15, 0.2) is 78.9 Å². The van der Waals surface area contributed by atoms with Crippen LogP contribution in [0, 0.1) is 17.0 Å². The first-order valence-electron chi connectivity index (χ1n) is 14.5. The van der Waals surface area contributed by atoms with Gasteiger partial charge in [0.05, 0.1) is 12.0 Å². The van der Waals surface area contributed by atoms with E-state index in [9.17, 15) is 18.4 Å². The lowest BCUT2D eigenvalue weighted by atomic mass is 9.73. The van der Waals surface area contributed by atoms with E-state index < -0.39 is 10.8 Å². The molecular formula is C34H38F2N2O3. The second kappa shape index (κ2) is 12.4. The molecular weight excluding hydrogens is 522 g/mol. The van der Waals surface area contributed by atoms with E-state index in [1.807, 2.05) is 35.2 Å². The number of amides is 2. The summed E-state index contributed by atoms with van der Waals surface area (Å²) in [5.74, 6) is -0.129. The van der Waals surface area contributed by atoms with Crippen molar-refractivity contribution in [1.29, 1.82) is 0 Å². The van der Waals surface area contributed by atoms with E-state index in [-0.39, 0.29) is 36.5 Å². The predicted molar refractivity (Wildman–Crippen MR) is 154 cm³/mol. The van der Waals surface area contributed by atoms with Gasteiger partial charge in [-0.3, -0.25) is 9.59 Å². The summed E-state index contributed by atoms with van der Waals surface area (Å²) >= 11 is 0. The van der Waals surface area contributed by atoms with Gasteiger partial charge < -0.3 is 14.5 Å². The van der Waals surface area contributed by atoms with Gasteiger partial charge in [0.25, 0.3) is 0 Å². The lowest BCUT2D eigenvalue weighted by Crippen LogP contribution is -2.52. The Morgan fingerprint density at radius 3 is 2.15 bits per heavy atom. The third kappa shape index (κ3) is 6.45. The highest BCUT2D eigenvalue weighted by molar-refractivity contribution is 5.89. The second-order valence-electron chi connectivity index (χ2n) is 11.7. The van der Waals surface area contributed by atoms with Gasteiger partial charge in [-0.1, -0.05) is 61.4 Å². The largest absolute Gasteiger partial charge is 0.493 e. The second-order valence-corrected chi connectivity index (χ2v) is 11.7. The monoisotopic (exact) mass is 560 g/mol. The first-order chi connectivity index (χ1) is 19.8. The molecule has 2 amide bonds. The van der Waals surface area contributed by atoms with Crippen molar-refractivity contribution in [1.82, 2.24) is 9.80 Å². The number of hydrogen-bond acceptors (Lipinski definition) is 3. The van der Waals surface area contributed by atoms with Crippen LogP contribution in [-0.2, 0) is 21.5 Å². The van der Waals surface area contributed by atoms with Crippen molar-refractivity contribution in [3.05, 3.63) is 102 Å². The zero-order valence-corrected chi connectivity index (χ0v) is 23.7. The SMILES string of the molecule is CN(Cc1ccccc1)C(=O)CC1(COc2ccc(F)cc2)CCN(C(=O)C2(c3ccccc3F)CCCC2)CC1. The Labute approximate surface area is 241 Å². The maximum atomic E-state index is 14.9. The number of rotatable bonds is 9. The summed E-state index contributed by atoms with van der Waals surface area (Å²) in [7, 11) is 1.81. The quantitative estimate of drug-likeness (QED) is 0.300. The van der Waals surface area contributed by atoms with Gasteiger partial charge in [0, 0.05) is 44.1 Å². The Morgan fingerprint density at radius 1 is 0.854 bits per heavy atom. The molecule has 0 N–H and O–H groups in total. The van der Waals surface area contributed by atoms with E-state index in [1.165, 1.54) is 18.2 Å². The minimum atomic E-state index is -0.832. The van der Waals surface area contributed by atoms with E-state index in [1.54, 1.807) is 42.3 Å². The number of halogens is 2. The smallest absolute Gasteiger partial charge is 0.233 e. The fourth-order valence-corrected chi connectivity index (χ4v) is 6.45. The molecule has 2 aliphatic rings. The molecule has 7 heteroatoms. The van der Waals surface area contributed by atoms with Crippen LogP contribution < -0.4 is 4.74 Å². The lowest BCUT2D eigenvalue weighted by molar-refractivity contribution is -0.142. The van der Waals surface area contributed by atoms with Crippen molar-refractivity contribution in [3.8, 4) is 5.75 Å². The Hall–Kier alpha value is -3.74. The number of carbonyl (C=O) groups is 2. The number of carbonyl (C=O) groups excluding carboxylic acids is 2. The molecule has 3 aromatic rings. The first kappa shape index (κ1) is 28.8. The average molecular weight is 561 g/mol. The fraction of sp³-hybridized carbons (Fsp3) is 0.412.